The number of hydrogen-bond donors (Lipinski definition) is 0. The summed E-state index contributed by atoms with van der Waals surface area (Å²) in [6, 6.07) is 0. The molecule has 6 heteroatoms. The van der Waals surface area contributed by atoms with E-state index in [0.29, 0.717) is 19.3 Å². The van der Waals surface area contributed by atoms with Gasteiger partial charge in [-0.05, 0) is 103 Å². The second kappa shape index (κ2) is 71.6. The van der Waals surface area contributed by atoms with Crippen LogP contribution in [0.1, 0.15) is 393 Å². The third-order valence-electron chi connectivity index (χ3n) is 16.5. The number of ether oxygens (including phenoxy) is 3. The van der Waals surface area contributed by atoms with Crippen LogP contribution in [0.25, 0.3) is 0 Å². The van der Waals surface area contributed by atoms with E-state index in [-0.39, 0.29) is 31.1 Å². The zero-order valence-electron chi connectivity index (χ0n) is 55.7. The number of esters is 3. The van der Waals surface area contributed by atoms with Crippen LogP contribution in [-0.2, 0) is 28.6 Å². The molecule has 484 valence electrons. The average molecular weight is 1160 g/mol. The number of rotatable bonds is 68. The van der Waals surface area contributed by atoms with Gasteiger partial charge in [-0.25, -0.2) is 0 Å². The fourth-order valence-electron chi connectivity index (χ4n) is 11.0. The third-order valence-corrected chi connectivity index (χ3v) is 16.5. The molecule has 0 spiro atoms. The van der Waals surface area contributed by atoms with Crippen LogP contribution in [0.4, 0.5) is 0 Å². The van der Waals surface area contributed by atoms with Crippen molar-refractivity contribution >= 4 is 17.9 Å². The lowest BCUT2D eigenvalue weighted by molar-refractivity contribution is -0.167. The summed E-state index contributed by atoms with van der Waals surface area (Å²) in [6.45, 7) is 6.57. The van der Waals surface area contributed by atoms with Crippen LogP contribution in [0.5, 0.6) is 0 Å². The lowest BCUT2D eigenvalue weighted by Gasteiger charge is -2.18. The van der Waals surface area contributed by atoms with E-state index in [9.17, 15) is 14.4 Å². The monoisotopic (exact) mass is 1160 g/mol. The average Bonchev–Trinajstić information content (AvgIpc) is 3.49. The van der Waals surface area contributed by atoms with Crippen LogP contribution >= 0.6 is 0 Å². The van der Waals surface area contributed by atoms with Gasteiger partial charge in [0.25, 0.3) is 0 Å². The quantitative estimate of drug-likeness (QED) is 0.0261. The van der Waals surface area contributed by atoms with Gasteiger partial charge in [-0.15, -0.1) is 0 Å². The van der Waals surface area contributed by atoms with Gasteiger partial charge in [0.2, 0.25) is 0 Å². The highest BCUT2D eigenvalue weighted by atomic mass is 16.6. The van der Waals surface area contributed by atoms with Crippen molar-refractivity contribution in [3.63, 3.8) is 0 Å². The van der Waals surface area contributed by atoms with Crippen LogP contribution in [0.3, 0.4) is 0 Å². The molecule has 0 saturated heterocycles. The Morgan fingerprint density at radius 2 is 0.470 bits per heavy atom. The summed E-state index contributed by atoms with van der Waals surface area (Å²) in [5.41, 5.74) is 0. The van der Waals surface area contributed by atoms with Crippen LogP contribution < -0.4 is 0 Å². The van der Waals surface area contributed by atoms with Crippen molar-refractivity contribution in [3.05, 3.63) is 60.8 Å². The standard InChI is InChI=1S/C77H140O6/c1-4-7-10-13-16-19-22-25-28-30-31-32-33-34-35-36-37-38-39-40-41-42-43-44-45-47-49-52-55-58-61-64-67-70-76(79)82-73-74(72-81-75(78)69-66-63-60-57-54-51-48-27-24-21-18-15-12-9-6-3)83-77(80)71-68-65-62-59-56-53-50-46-29-26-23-20-17-14-11-8-5-2/h8,11,17,20,26-27,29-31,48,74H,4-7,9-10,12-16,18-19,21-25,28,32-47,49-73H2,1-3H3/b11-8-,20-17-,29-26-,31-30-,48-27-. The second-order valence-electron chi connectivity index (χ2n) is 24.8. The summed E-state index contributed by atoms with van der Waals surface area (Å²) in [5, 5.41) is 0. The Hall–Kier alpha value is -2.89. The molecule has 0 aromatic heterocycles. The number of allylic oxidation sites excluding steroid dienone is 10. The van der Waals surface area contributed by atoms with Gasteiger partial charge in [0.05, 0.1) is 0 Å². The zero-order chi connectivity index (χ0) is 59.9. The summed E-state index contributed by atoms with van der Waals surface area (Å²) in [6.07, 6.45) is 92.7. The molecular formula is C77H140O6. The number of carbonyl (C=O) groups excluding carboxylic acids is 3. The molecule has 1 unspecified atom stereocenters. The van der Waals surface area contributed by atoms with Gasteiger partial charge in [0, 0.05) is 19.3 Å². The molecule has 0 fully saturated rings. The highest BCUT2D eigenvalue weighted by Crippen LogP contribution is 2.18. The summed E-state index contributed by atoms with van der Waals surface area (Å²) >= 11 is 0. The highest BCUT2D eigenvalue weighted by Gasteiger charge is 2.19. The largest absolute Gasteiger partial charge is 0.462 e. The van der Waals surface area contributed by atoms with Crippen molar-refractivity contribution in [2.75, 3.05) is 13.2 Å². The summed E-state index contributed by atoms with van der Waals surface area (Å²) < 4.78 is 17.0. The summed E-state index contributed by atoms with van der Waals surface area (Å²) in [5.74, 6) is -0.873. The van der Waals surface area contributed by atoms with Gasteiger partial charge in [-0.3, -0.25) is 14.4 Å². The number of unbranched alkanes of at least 4 members (excludes halogenated alkanes) is 47. The number of carbonyl (C=O) groups is 3. The van der Waals surface area contributed by atoms with Crippen molar-refractivity contribution < 1.29 is 28.6 Å². The van der Waals surface area contributed by atoms with E-state index in [1.165, 1.54) is 263 Å². The lowest BCUT2D eigenvalue weighted by Crippen LogP contribution is -2.30. The van der Waals surface area contributed by atoms with Gasteiger partial charge in [0.1, 0.15) is 13.2 Å². The normalized spacial score (nSPS) is 12.4. The first-order chi connectivity index (χ1) is 41.0. The van der Waals surface area contributed by atoms with Crippen LogP contribution in [-0.4, -0.2) is 37.2 Å². The fourth-order valence-corrected chi connectivity index (χ4v) is 11.0. The maximum absolute atomic E-state index is 12.9. The maximum atomic E-state index is 12.9. The van der Waals surface area contributed by atoms with E-state index in [4.69, 9.17) is 14.2 Å². The molecule has 0 aromatic rings. The highest BCUT2D eigenvalue weighted by molar-refractivity contribution is 5.71. The Balaban J connectivity index is 4.15. The fraction of sp³-hybridized carbons (Fsp3) is 0.831. The van der Waals surface area contributed by atoms with E-state index in [1.807, 2.05) is 0 Å². The molecule has 0 N–H and O–H groups in total. The minimum Gasteiger partial charge on any atom is -0.462 e. The molecule has 0 aromatic carbocycles. The maximum Gasteiger partial charge on any atom is 0.306 e. The Bertz CT molecular complexity index is 1470. The van der Waals surface area contributed by atoms with Gasteiger partial charge in [0.15, 0.2) is 6.10 Å². The molecular weight excluding hydrogens is 1020 g/mol. The van der Waals surface area contributed by atoms with Crippen molar-refractivity contribution in [3.8, 4) is 0 Å². The Labute approximate surface area is 517 Å². The van der Waals surface area contributed by atoms with E-state index in [1.54, 1.807) is 0 Å². The molecule has 0 saturated carbocycles. The molecule has 0 bridgehead atoms. The third kappa shape index (κ3) is 69.8. The van der Waals surface area contributed by atoms with Crippen molar-refractivity contribution in [2.45, 2.75) is 399 Å². The van der Waals surface area contributed by atoms with Crippen LogP contribution in [0.15, 0.2) is 60.8 Å². The first-order valence-electron chi connectivity index (χ1n) is 36.8. The predicted octanol–water partition coefficient (Wildman–Crippen LogP) is 25.5. The molecule has 6 nitrogen and oxygen atoms in total. The topological polar surface area (TPSA) is 78.9 Å². The van der Waals surface area contributed by atoms with Crippen molar-refractivity contribution in [2.24, 2.45) is 0 Å². The van der Waals surface area contributed by atoms with Gasteiger partial charge in [-0.1, -0.05) is 332 Å². The smallest absolute Gasteiger partial charge is 0.306 e. The van der Waals surface area contributed by atoms with E-state index in [2.05, 4.69) is 81.5 Å². The zero-order valence-corrected chi connectivity index (χ0v) is 55.7. The van der Waals surface area contributed by atoms with Crippen molar-refractivity contribution in [1.82, 2.24) is 0 Å². The van der Waals surface area contributed by atoms with Crippen LogP contribution in [0.2, 0.25) is 0 Å². The van der Waals surface area contributed by atoms with E-state index in [0.717, 1.165) is 89.9 Å². The minimum absolute atomic E-state index is 0.0773. The molecule has 0 aliphatic rings. The Morgan fingerprint density at radius 1 is 0.253 bits per heavy atom. The number of hydrogen-bond acceptors (Lipinski definition) is 6. The van der Waals surface area contributed by atoms with Crippen molar-refractivity contribution in [1.29, 1.82) is 0 Å². The van der Waals surface area contributed by atoms with Gasteiger partial charge in [-0.2, -0.15) is 0 Å². The molecule has 0 aliphatic carbocycles. The van der Waals surface area contributed by atoms with Crippen LogP contribution in [0, 0.1) is 0 Å². The molecule has 1 atom stereocenters. The molecule has 0 radical (unpaired) electrons. The lowest BCUT2D eigenvalue weighted by atomic mass is 10.0. The first-order valence-corrected chi connectivity index (χ1v) is 36.8. The van der Waals surface area contributed by atoms with Gasteiger partial charge < -0.3 is 14.2 Å². The molecule has 83 heavy (non-hydrogen) atoms. The second-order valence-corrected chi connectivity index (χ2v) is 24.8. The molecule has 0 heterocycles. The molecule has 0 amide bonds. The molecule has 0 rings (SSSR count). The Morgan fingerprint density at radius 3 is 0.747 bits per heavy atom. The first kappa shape index (κ1) is 80.1. The summed E-state index contributed by atoms with van der Waals surface area (Å²) in [7, 11) is 0. The predicted molar refractivity (Wildman–Crippen MR) is 362 cm³/mol. The van der Waals surface area contributed by atoms with E-state index >= 15 is 0 Å². The van der Waals surface area contributed by atoms with E-state index < -0.39 is 6.10 Å². The molecule has 0 aliphatic heterocycles. The van der Waals surface area contributed by atoms with Gasteiger partial charge >= 0.3 is 17.9 Å². The minimum atomic E-state index is -0.783. The Kier molecular flexibility index (Phi) is 69.1. The summed E-state index contributed by atoms with van der Waals surface area (Å²) in [4.78, 5) is 38.4. The SMILES string of the molecule is CC/C=C\C/C=C\C/C=C\CCCCCCCCCC(=O)OC(COC(=O)CCCCCCC/C=C\CCCCCCCC)COC(=O)CCCCCCCCCCCCCCCCCCCCCCC/C=C\CCCCCCCCCC.